The number of amides is 1. The quantitative estimate of drug-likeness (QED) is 0.648. The van der Waals surface area contributed by atoms with Gasteiger partial charge in [-0.15, -0.1) is 11.8 Å². The zero-order valence-corrected chi connectivity index (χ0v) is 13.7. The Kier molecular flexibility index (Phi) is 6.33. The normalized spacial score (nSPS) is 17.1. The zero-order valence-electron chi connectivity index (χ0n) is 12.8. The Morgan fingerprint density at radius 2 is 2.14 bits per heavy atom. The van der Waals surface area contributed by atoms with Gasteiger partial charge in [0, 0.05) is 24.0 Å². The number of carbonyl (C=O) groups is 1. The van der Waals surface area contributed by atoms with Crippen molar-refractivity contribution in [3.8, 4) is 0 Å². The van der Waals surface area contributed by atoms with Crippen LogP contribution in [0.2, 0.25) is 0 Å². The highest BCUT2D eigenvalue weighted by molar-refractivity contribution is 8.00. The van der Waals surface area contributed by atoms with Crippen LogP contribution in [0.25, 0.3) is 0 Å². The third-order valence-electron chi connectivity index (χ3n) is 3.60. The van der Waals surface area contributed by atoms with Crippen LogP contribution >= 0.6 is 11.8 Å². The minimum Gasteiger partial charge on any atom is -0.353 e. The van der Waals surface area contributed by atoms with Crippen LogP contribution in [0, 0.1) is 0 Å². The lowest BCUT2D eigenvalue weighted by Gasteiger charge is -2.24. The average molecular weight is 304 g/mol. The highest BCUT2D eigenvalue weighted by Crippen LogP contribution is 2.17. The van der Waals surface area contributed by atoms with E-state index in [-0.39, 0.29) is 11.9 Å². The maximum atomic E-state index is 12.0. The average Bonchev–Trinajstić information content (AvgIpc) is 2.48. The Morgan fingerprint density at radius 3 is 2.81 bits per heavy atom. The first-order chi connectivity index (χ1) is 10.1. The molecule has 0 aromatic heterocycles. The lowest BCUT2D eigenvalue weighted by molar-refractivity contribution is -0.119. The van der Waals surface area contributed by atoms with E-state index in [1.807, 2.05) is 30.3 Å². The molecule has 1 aliphatic rings. The van der Waals surface area contributed by atoms with Crippen LogP contribution in [-0.2, 0) is 4.79 Å². The Hall–Kier alpha value is -1.26. The molecule has 0 saturated carbocycles. The molecule has 0 radical (unpaired) electrons. The molecule has 1 atom stereocenters. The third kappa shape index (κ3) is 5.94. The number of benzene rings is 1. The molecule has 1 aromatic carbocycles. The first-order valence-corrected chi connectivity index (χ1v) is 8.45. The van der Waals surface area contributed by atoms with E-state index in [0.717, 1.165) is 30.8 Å². The van der Waals surface area contributed by atoms with Gasteiger partial charge in [0.1, 0.15) is 0 Å². The second-order valence-corrected chi connectivity index (χ2v) is 6.70. The molecule has 1 N–H and O–H groups in total. The predicted molar refractivity (Wildman–Crippen MR) is 89.6 cm³/mol. The van der Waals surface area contributed by atoms with Gasteiger partial charge in [-0.1, -0.05) is 29.8 Å². The molecule has 1 unspecified atom stereocenters. The lowest BCUT2D eigenvalue weighted by Crippen LogP contribution is -2.35. The van der Waals surface area contributed by atoms with Crippen molar-refractivity contribution in [2.24, 2.45) is 0 Å². The Bertz CT molecular complexity index is 487. The fourth-order valence-electron chi connectivity index (χ4n) is 2.42. The van der Waals surface area contributed by atoms with E-state index in [0.29, 0.717) is 5.75 Å². The van der Waals surface area contributed by atoms with Crippen LogP contribution in [-0.4, -0.2) is 42.7 Å². The monoisotopic (exact) mass is 304 g/mol. The summed E-state index contributed by atoms with van der Waals surface area (Å²) in [5, 5.41) is 3.09. The first-order valence-electron chi connectivity index (χ1n) is 7.47. The number of nitrogens with zero attached hydrogens (tertiary/aromatic N) is 1. The standard InChI is InChI=1S/C17H24N2OS/c1-14(12-15-8-10-19(2)11-9-15)18-17(20)13-21-16-6-4-3-5-7-16/h3-8,14H,9-13H2,1-2H3,(H,18,20). The van der Waals surface area contributed by atoms with Gasteiger partial charge < -0.3 is 10.2 Å². The van der Waals surface area contributed by atoms with E-state index in [9.17, 15) is 4.79 Å². The van der Waals surface area contributed by atoms with Gasteiger partial charge >= 0.3 is 0 Å². The summed E-state index contributed by atoms with van der Waals surface area (Å²) in [5.74, 6) is 0.598. The van der Waals surface area contributed by atoms with E-state index in [4.69, 9.17) is 0 Å². The van der Waals surface area contributed by atoms with E-state index in [1.54, 1.807) is 11.8 Å². The Morgan fingerprint density at radius 1 is 1.38 bits per heavy atom. The Balaban J connectivity index is 1.70. The van der Waals surface area contributed by atoms with Crippen molar-refractivity contribution in [2.75, 3.05) is 25.9 Å². The molecule has 0 aliphatic carbocycles. The van der Waals surface area contributed by atoms with Gasteiger partial charge in [-0.3, -0.25) is 4.79 Å². The topological polar surface area (TPSA) is 32.3 Å². The fourth-order valence-corrected chi connectivity index (χ4v) is 3.16. The van der Waals surface area contributed by atoms with Gasteiger partial charge in [0.05, 0.1) is 5.75 Å². The SMILES string of the molecule is CC(CC1=CCN(C)CC1)NC(=O)CSc1ccccc1. The minimum atomic E-state index is 0.116. The molecule has 114 valence electrons. The van der Waals surface area contributed by atoms with Gasteiger partial charge in [-0.25, -0.2) is 0 Å². The van der Waals surface area contributed by atoms with Gasteiger partial charge in [0.15, 0.2) is 0 Å². The second-order valence-electron chi connectivity index (χ2n) is 5.65. The molecule has 1 heterocycles. The van der Waals surface area contributed by atoms with Crippen LogP contribution in [0.1, 0.15) is 19.8 Å². The number of carbonyl (C=O) groups excluding carboxylic acids is 1. The summed E-state index contributed by atoms with van der Waals surface area (Å²) < 4.78 is 0. The molecule has 21 heavy (non-hydrogen) atoms. The maximum Gasteiger partial charge on any atom is 0.230 e. The lowest BCUT2D eigenvalue weighted by atomic mass is 10.0. The highest BCUT2D eigenvalue weighted by Gasteiger charge is 2.13. The molecule has 2 rings (SSSR count). The number of likely N-dealkylation sites (N-methyl/N-ethyl adjacent to an activating group) is 1. The number of hydrogen-bond donors (Lipinski definition) is 1. The summed E-state index contributed by atoms with van der Waals surface area (Å²) in [6.07, 6.45) is 4.38. The van der Waals surface area contributed by atoms with Crippen molar-refractivity contribution in [1.29, 1.82) is 0 Å². The van der Waals surface area contributed by atoms with Crippen molar-refractivity contribution in [1.82, 2.24) is 10.2 Å². The van der Waals surface area contributed by atoms with Gasteiger partial charge in [-0.2, -0.15) is 0 Å². The molecule has 1 aliphatic heterocycles. The summed E-state index contributed by atoms with van der Waals surface area (Å²) >= 11 is 1.58. The van der Waals surface area contributed by atoms with Crippen LogP contribution in [0.15, 0.2) is 46.9 Å². The van der Waals surface area contributed by atoms with Crippen LogP contribution in [0.3, 0.4) is 0 Å². The van der Waals surface area contributed by atoms with E-state index >= 15 is 0 Å². The molecular formula is C17H24N2OS. The maximum absolute atomic E-state index is 12.0. The van der Waals surface area contributed by atoms with Crippen molar-refractivity contribution in [3.63, 3.8) is 0 Å². The smallest absolute Gasteiger partial charge is 0.230 e. The van der Waals surface area contributed by atoms with Crippen LogP contribution in [0.4, 0.5) is 0 Å². The molecule has 4 heteroatoms. The van der Waals surface area contributed by atoms with Crippen molar-refractivity contribution in [3.05, 3.63) is 42.0 Å². The largest absolute Gasteiger partial charge is 0.353 e. The molecule has 0 saturated heterocycles. The summed E-state index contributed by atoms with van der Waals surface area (Å²) in [6.45, 7) is 4.24. The minimum absolute atomic E-state index is 0.116. The van der Waals surface area contributed by atoms with Gasteiger partial charge in [0.25, 0.3) is 0 Å². The second kappa shape index (κ2) is 8.25. The third-order valence-corrected chi connectivity index (χ3v) is 4.61. The molecular weight excluding hydrogens is 280 g/mol. The number of thioether (sulfide) groups is 1. The van der Waals surface area contributed by atoms with Gasteiger partial charge in [-0.05, 0) is 38.9 Å². The Labute approximate surface area is 131 Å². The molecule has 3 nitrogen and oxygen atoms in total. The zero-order chi connectivity index (χ0) is 15.1. The first kappa shape index (κ1) is 16.1. The highest BCUT2D eigenvalue weighted by atomic mass is 32.2. The predicted octanol–water partition coefficient (Wildman–Crippen LogP) is 2.94. The number of hydrogen-bond acceptors (Lipinski definition) is 3. The summed E-state index contributed by atoms with van der Waals surface area (Å²) in [4.78, 5) is 15.4. The van der Waals surface area contributed by atoms with Crippen molar-refractivity contribution in [2.45, 2.75) is 30.7 Å². The van der Waals surface area contributed by atoms with Crippen molar-refractivity contribution >= 4 is 17.7 Å². The van der Waals surface area contributed by atoms with Gasteiger partial charge in [0.2, 0.25) is 5.91 Å². The van der Waals surface area contributed by atoms with E-state index in [1.165, 1.54) is 5.57 Å². The van der Waals surface area contributed by atoms with E-state index < -0.39 is 0 Å². The van der Waals surface area contributed by atoms with Crippen molar-refractivity contribution < 1.29 is 4.79 Å². The van der Waals surface area contributed by atoms with E-state index in [2.05, 4.69) is 30.3 Å². The molecule has 0 spiro atoms. The summed E-state index contributed by atoms with van der Waals surface area (Å²) in [5.41, 5.74) is 1.47. The molecule has 1 aromatic rings. The van der Waals surface area contributed by atoms with Crippen LogP contribution < -0.4 is 5.32 Å². The van der Waals surface area contributed by atoms with Crippen LogP contribution in [0.5, 0.6) is 0 Å². The summed E-state index contributed by atoms with van der Waals surface area (Å²) in [6, 6.07) is 10.3. The number of nitrogens with one attached hydrogen (secondary N) is 1. The number of rotatable bonds is 6. The molecule has 0 fully saturated rings. The fraction of sp³-hybridized carbons (Fsp3) is 0.471. The molecule has 1 amide bonds. The molecule has 0 bridgehead atoms. The summed E-state index contributed by atoms with van der Waals surface area (Å²) in [7, 11) is 2.14.